The number of benzene rings is 2. The number of hydrogen-bond acceptors (Lipinski definition) is 4. The molecule has 2 aromatic carbocycles. The molecule has 1 atom stereocenters. The van der Waals surface area contributed by atoms with Crippen molar-refractivity contribution >= 4 is 38.7 Å². The van der Waals surface area contributed by atoms with E-state index < -0.39 is 0 Å². The Labute approximate surface area is 193 Å². The van der Waals surface area contributed by atoms with E-state index >= 15 is 0 Å². The van der Waals surface area contributed by atoms with Crippen LogP contribution < -0.4 is 16.1 Å². The van der Waals surface area contributed by atoms with Crippen molar-refractivity contribution in [2.24, 2.45) is 13.0 Å². The molecule has 0 N–H and O–H groups in total. The minimum atomic E-state index is -0.357. The van der Waals surface area contributed by atoms with Gasteiger partial charge >= 0.3 is 5.69 Å². The number of rotatable bonds is 3. The lowest BCUT2D eigenvalue weighted by Crippen LogP contribution is -2.40. The van der Waals surface area contributed by atoms with E-state index in [0.717, 1.165) is 27.8 Å². The lowest BCUT2D eigenvalue weighted by molar-refractivity contribution is 0.458. The van der Waals surface area contributed by atoms with E-state index in [-0.39, 0.29) is 17.8 Å². The van der Waals surface area contributed by atoms with Crippen molar-refractivity contribution in [3.63, 3.8) is 0 Å². The topological polar surface area (TPSA) is 65.1 Å². The Morgan fingerprint density at radius 2 is 1.78 bits per heavy atom. The van der Waals surface area contributed by atoms with Gasteiger partial charge in [-0.15, -0.1) is 0 Å². The minimum absolute atomic E-state index is 0.237. The molecule has 0 fully saturated rings. The summed E-state index contributed by atoms with van der Waals surface area (Å²) >= 11 is 3.49. The van der Waals surface area contributed by atoms with Crippen LogP contribution in [0.1, 0.15) is 18.1 Å². The third kappa shape index (κ3) is 3.30. The number of fused-ring (bicyclic) bond motifs is 3. The molecule has 0 radical (unpaired) electrons. The van der Waals surface area contributed by atoms with Crippen molar-refractivity contribution in [1.29, 1.82) is 0 Å². The van der Waals surface area contributed by atoms with Gasteiger partial charge in [0.25, 0.3) is 5.56 Å². The van der Waals surface area contributed by atoms with E-state index in [9.17, 15) is 9.59 Å². The summed E-state index contributed by atoms with van der Waals surface area (Å²) in [5, 5.41) is 0. The van der Waals surface area contributed by atoms with E-state index in [4.69, 9.17) is 4.98 Å². The molecule has 7 nitrogen and oxygen atoms in total. The summed E-state index contributed by atoms with van der Waals surface area (Å²) < 4.78 is 5.79. The van der Waals surface area contributed by atoms with E-state index in [0.29, 0.717) is 29.6 Å². The zero-order valence-corrected chi connectivity index (χ0v) is 19.8. The van der Waals surface area contributed by atoms with Crippen LogP contribution in [0, 0.1) is 12.8 Å². The average molecular weight is 494 g/mol. The molecule has 3 heterocycles. The number of halogens is 1. The maximum atomic E-state index is 13.6. The summed E-state index contributed by atoms with van der Waals surface area (Å²) in [6.45, 7) is 5.85. The predicted octanol–water partition coefficient (Wildman–Crippen LogP) is 3.80. The van der Waals surface area contributed by atoms with Crippen molar-refractivity contribution in [2.45, 2.75) is 26.9 Å². The zero-order chi connectivity index (χ0) is 22.6. The van der Waals surface area contributed by atoms with Gasteiger partial charge < -0.3 is 9.47 Å². The molecule has 0 saturated carbocycles. The second-order valence-corrected chi connectivity index (χ2v) is 9.46. The SMILES string of the molecule is Cc1ccccc1Cn1c(=O)c2c(nc3n2C[C@@H](C)CN3c2ccc(Br)cc2)n(C)c1=O. The summed E-state index contributed by atoms with van der Waals surface area (Å²) in [7, 11) is 1.69. The second-order valence-electron chi connectivity index (χ2n) is 8.55. The molecule has 0 amide bonds. The van der Waals surface area contributed by atoms with Crippen LogP contribution in [0.15, 0.2) is 62.6 Å². The molecule has 0 unspecified atom stereocenters. The molecule has 8 heteroatoms. The first-order chi connectivity index (χ1) is 15.3. The Morgan fingerprint density at radius 3 is 2.50 bits per heavy atom. The fourth-order valence-electron chi connectivity index (χ4n) is 4.44. The number of anilines is 2. The van der Waals surface area contributed by atoms with Crippen LogP contribution in [0.2, 0.25) is 0 Å². The van der Waals surface area contributed by atoms with Gasteiger partial charge in [0.1, 0.15) is 0 Å². The molecule has 0 saturated heterocycles. The molecule has 5 rings (SSSR count). The maximum Gasteiger partial charge on any atom is 0.332 e. The molecular weight excluding hydrogens is 470 g/mol. The Morgan fingerprint density at radius 1 is 1.06 bits per heavy atom. The standard InChI is InChI=1S/C24H24BrN5O2/c1-15-12-28(19-10-8-18(25)9-11-19)23-26-21-20(29(23)13-15)22(31)30(24(32)27(21)3)14-17-7-5-4-6-16(17)2/h4-11,15H,12-14H2,1-3H3/t15-/m0/s1. The van der Waals surface area contributed by atoms with Crippen LogP contribution in [-0.2, 0) is 20.1 Å². The highest BCUT2D eigenvalue weighted by Gasteiger charge is 2.29. The fraction of sp³-hybridized carbons (Fsp3) is 0.292. The lowest BCUT2D eigenvalue weighted by Gasteiger charge is -2.33. The number of aryl methyl sites for hydroxylation is 2. The molecule has 0 spiro atoms. The third-order valence-electron chi connectivity index (χ3n) is 6.17. The highest BCUT2D eigenvalue weighted by molar-refractivity contribution is 9.10. The van der Waals surface area contributed by atoms with E-state index in [2.05, 4.69) is 27.8 Å². The van der Waals surface area contributed by atoms with Gasteiger partial charge in [0.2, 0.25) is 5.95 Å². The number of nitrogens with zero attached hydrogens (tertiary/aromatic N) is 5. The molecule has 0 aliphatic carbocycles. The molecule has 2 aromatic heterocycles. The zero-order valence-electron chi connectivity index (χ0n) is 18.2. The molecule has 164 valence electrons. The Hall–Kier alpha value is -3.13. The smallest absolute Gasteiger partial charge is 0.312 e. The van der Waals surface area contributed by atoms with Crippen LogP contribution in [0.25, 0.3) is 11.2 Å². The molecule has 1 aliphatic rings. The van der Waals surface area contributed by atoms with Gasteiger partial charge in [-0.3, -0.25) is 13.9 Å². The first-order valence-corrected chi connectivity index (χ1v) is 11.4. The highest BCUT2D eigenvalue weighted by Crippen LogP contribution is 2.33. The summed E-state index contributed by atoms with van der Waals surface area (Å²) in [5.74, 6) is 1.01. The van der Waals surface area contributed by atoms with Crippen LogP contribution in [0.4, 0.5) is 11.6 Å². The van der Waals surface area contributed by atoms with Crippen LogP contribution in [0.3, 0.4) is 0 Å². The van der Waals surface area contributed by atoms with Crippen molar-refractivity contribution in [3.05, 3.63) is 85.0 Å². The van der Waals surface area contributed by atoms with E-state index in [1.807, 2.05) is 60.0 Å². The summed E-state index contributed by atoms with van der Waals surface area (Å²) in [6, 6.07) is 15.9. The molecule has 32 heavy (non-hydrogen) atoms. The van der Waals surface area contributed by atoms with Crippen LogP contribution in [-0.4, -0.2) is 25.2 Å². The number of hydrogen-bond donors (Lipinski definition) is 0. The highest BCUT2D eigenvalue weighted by atomic mass is 79.9. The normalized spacial score (nSPS) is 15.9. The monoisotopic (exact) mass is 493 g/mol. The lowest BCUT2D eigenvalue weighted by atomic mass is 10.1. The second kappa shape index (κ2) is 7.78. The van der Waals surface area contributed by atoms with E-state index in [1.165, 1.54) is 9.13 Å². The van der Waals surface area contributed by atoms with Crippen molar-refractivity contribution < 1.29 is 0 Å². The minimum Gasteiger partial charge on any atom is -0.312 e. The quantitative estimate of drug-likeness (QED) is 0.435. The van der Waals surface area contributed by atoms with Gasteiger partial charge in [0.05, 0.1) is 6.54 Å². The Bertz CT molecular complexity index is 1450. The summed E-state index contributed by atoms with van der Waals surface area (Å²) in [4.78, 5) is 33.7. The fourth-order valence-corrected chi connectivity index (χ4v) is 4.71. The van der Waals surface area contributed by atoms with Gasteiger partial charge in [0.15, 0.2) is 11.2 Å². The first-order valence-electron chi connectivity index (χ1n) is 10.6. The van der Waals surface area contributed by atoms with Gasteiger partial charge in [-0.1, -0.05) is 47.1 Å². The summed E-state index contributed by atoms with van der Waals surface area (Å²) in [5.41, 5.74) is 3.25. The molecule has 0 bridgehead atoms. The van der Waals surface area contributed by atoms with Crippen molar-refractivity contribution in [3.8, 4) is 0 Å². The number of aromatic nitrogens is 4. The summed E-state index contributed by atoms with van der Waals surface area (Å²) in [6.07, 6.45) is 0. The van der Waals surface area contributed by atoms with Gasteiger partial charge in [0, 0.05) is 30.3 Å². The average Bonchev–Trinajstić information content (AvgIpc) is 3.16. The van der Waals surface area contributed by atoms with Gasteiger partial charge in [-0.25, -0.2) is 4.79 Å². The van der Waals surface area contributed by atoms with Crippen LogP contribution in [0.5, 0.6) is 0 Å². The van der Waals surface area contributed by atoms with E-state index in [1.54, 1.807) is 7.05 Å². The molecular formula is C24H24BrN5O2. The Balaban J connectivity index is 1.73. The van der Waals surface area contributed by atoms with Crippen molar-refractivity contribution in [2.75, 3.05) is 11.4 Å². The molecule has 4 aromatic rings. The predicted molar refractivity (Wildman–Crippen MR) is 130 cm³/mol. The number of imidazole rings is 1. The van der Waals surface area contributed by atoms with Gasteiger partial charge in [-0.2, -0.15) is 4.98 Å². The van der Waals surface area contributed by atoms with Gasteiger partial charge in [-0.05, 0) is 48.2 Å². The first kappa shape index (κ1) is 20.8. The molecule has 1 aliphatic heterocycles. The largest absolute Gasteiger partial charge is 0.332 e. The maximum absolute atomic E-state index is 13.6. The van der Waals surface area contributed by atoms with Crippen LogP contribution >= 0.6 is 15.9 Å². The van der Waals surface area contributed by atoms with Crippen molar-refractivity contribution in [1.82, 2.24) is 18.7 Å². The Kier molecular flexibility index (Phi) is 5.04. The third-order valence-corrected chi connectivity index (χ3v) is 6.70.